The van der Waals surface area contributed by atoms with E-state index in [1.165, 1.54) is 12.8 Å². The number of aliphatic hydroxyl groups is 1. The van der Waals surface area contributed by atoms with Crippen molar-refractivity contribution >= 4 is 5.91 Å². The quantitative estimate of drug-likeness (QED) is 0.630. The van der Waals surface area contributed by atoms with E-state index in [4.69, 9.17) is 5.11 Å². The molecule has 0 saturated heterocycles. The second-order valence-electron chi connectivity index (χ2n) is 5.26. The second-order valence-corrected chi connectivity index (χ2v) is 5.26. The summed E-state index contributed by atoms with van der Waals surface area (Å²) in [7, 11) is 0. The fourth-order valence-corrected chi connectivity index (χ4v) is 2.04. The Morgan fingerprint density at radius 1 is 1.38 bits per heavy atom. The van der Waals surface area contributed by atoms with Crippen LogP contribution in [0.5, 0.6) is 0 Å². The molecule has 1 amide bonds. The number of hydrogen-bond donors (Lipinski definition) is 3. The van der Waals surface area contributed by atoms with Gasteiger partial charge in [-0.1, -0.05) is 12.8 Å². The van der Waals surface area contributed by atoms with Gasteiger partial charge in [-0.2, -0.15) is 0 Å². The largest absolute Gasteiger partial charge is 0.396 e. The second kappa shape index (κ2) is 6.21. The Morgan fingerprint density at radius 2 is 2.00 bits per heavy atom. The first-order valence-electron chi connectivity index (χ1n) is 6.19. The molecule has 0 aromatic carbocycles. The van der Waals surface area contributed by atoms with E-state index in [0.717, 1.165) is 12.8 Å². The molecule has 0 aliphatic heterocycles. The van der Waals surface area contributed by atoms with E-state index in [-0.39, 0.29) is 18.1 Å². The van der Waals surface area contributed by atoms with Crippen LogP contribution >= 0.6 is 0 Å². The monoisotopic (exact) mass is 228 g/mol. The fraction of sp³-hybridized carbons (Fsp3) is 0.917. The molecule has 16 heavy (non-hydrogen) atoms. The molecule has 3 N–H and O–H groups in total. The third-order valence-electron chi connectivity index (χ3n) is 3.18. The van der Waals surface area contributed by atoms with Crippen LogP contribution < -0.4 is 10.6 Å². The molecule has 4 nitrogen and oxygen atoms in total. The first kappa shape index (κ1) is 13.5. The van der Waals surface area contributed by atoms with Gasteiger partial charge in [0.05, 0.1) is 6.54 Å². The van der Waals surface area contributed by atoms with Crippen molar-refractivity contribution in [3.8, 4) is 0 Å². The zero-order chi connectivity index (χ0) is 12.0. The van der Waals surface area contributed by atoms with Gasteiger partial charge in [0.1, 0.15) is 0 Å². The highest BCUT2D eigenvalue weighted by atomic mass is 16.3. The van der Waals surface area contributed by atoms with Crippen molar-refractivity contribution in [2.75, 3.05) is 13.2 Å². The number of carbonyl (C=O) groups excluding carboxylic acids is 1. The molecule has 1 fully saturated rings. The zero-order valence-corrected chi connectivity index (χ0v) is 10.4. The van der Waals surface area contributed by atoms with Crippen molar-refractivity contribution in [3.05, 3.63) is 0 Å². The number of aliphatic hydroxyl groups excluding tert-OH is 1. The molecule has 0 unspecified atom stereocenters. The first-order valence-corrected chi connectivity index (χ1v) is 6.19. The number of nitrogens with one attached hydrogen (secondary N) is 2. The molecular weight excluding hydrogens is 204 g/mol. The molecule has 0 radical (unpaired) electrons. The maximum atomic E-state index is 11.6. The van der Waals surface area contributed by atoms with Crippen LogP contribution in [0, 0.1) is 0 Å². The van der Waals surface area contributed by atoms with Crippen LogP contribution in [-0.4, -0.2) is 35.7 Å². The van der Waals surface area contributed by atoms with Crippen molar-refractivity contribution in [1.29, 1.82) is 0 Å². The summed E-state index contributed by atoms with van der Waals surface area (Å²) in [5.41, 5.74) is -0.179. The fourth-order valence-electron chi connectivity index (χ4n) is 2.04. The Morgan fingerprint density at radius 3 is 2.56 bits per heavy atom. The van der Waals surface area contributed by atoms with Crippen LogP contribution in [0.3, 0.4) is 0 Å². The summed E-state index contributed by atoms with van der Waals surface area (Å²) in [6.45, 7) is 4.46. The van der Waals surface area contributed by atoms with Crippen molar-refractivity contribution in [2.45, 2.75) is 57.5 Å². The summed E-state index contributed by atoms with van der Waals surface area (Å²) in [5, 5.41) is 15.0. The lowest BCUT2D eigenvalue weighted by atomic mass is 10.0. The third-order valence-corrected chi connectivity index (χ3v) is 3.18. The lowest BCUT2D eigenvalue weighted by molar-refractivity contribution is -0.121. The molecule has 0 heterocycles. The minimum absolute atomic E-state index is 0.0675. The van der Waals surface area contributed by atoms with Gasteiger partial charge < -0.3 is 15.7 Å². The highest BCUT2D eigenvalue weighted by Crippen LogP contribution is 2.17. The molecule has 1 aliphatic rings. The van der Waals surface area contributed by atoms with E-state index < -0.39 is 0 Å². The van der Waals surface area contributed by atoms with Crippen molar-refractivity contribution in [1.82, 2.24) is 10.6 Å². The molecule has 1 saturated carbocycles. The van der Waals surface area contributed by atoms with E-state index in [1.54, 1.807) is 0 Å². The Labute approximate surface area is 97.8 Å². The zero-order valence-electron chi connectivity index (χ0n) is 10.4. The molecule has 0 atom stereocenters. The van der Waals surface area contributed by atoms with Gasteiger partial charge in [0.2, 0.25) is 5.91 Å². The lowest BCUT2D eigenvalue weighted by Gasteiger charge is -2.25. The summed E-state index contributed by atoms with van der Waals surface area (Å²) in [6.07, 6.45) is 5.35. The number of hydrogen-bond acceptors (Lipinski definition) is 3. The Bertz CT molecular complexity index is 223. The Kier molecular flexibility index (Phi) is 5.22. The maximum Gasteiger partial charge on any atom is 0.234 e. The third kappa shape index (κ3) is 4.94. The maximum absolute atomic E-state index is 11.6. The van der Waals surface area contributed by atoms with E-state index >= 15 is 0 Å². The number of rotatable bonds is 6. The predicted molar refractivity (Wildman–Crippen MR) is 64.2 cm³/mol. The standard InChI is InChI=1S/C12H24N2O2/c1-12(2,7-8-15)13-9-11(16)14-10-5-3-4-6-10/h10,13,15H,3-9H2,1-2H3,(H,14,16). The lowest BCUT2D eigenvalue weighted by Crippen LogP contribution is -2.47. The van der Waals surface area contributed by atoms with Gasteiger partial charge in [0, 0.05) is 18.2 Å². The first-order chi connectivity index (χ1) is 7.53. The van der Waals surface area contributed by atoms with Crippen LogP contribution in [0.25, 0.3) is 0 Å². The van der Waals surface area contributed by atoms with Gasteiger partial charge in [-0.05, 0) is 33.1 Å². The van der Waals surface area contributed by atoms with Crippen LogP contribution in [-0.2, 0) is 4.79 Å². The molecule has 4 heteroatoms. The van der Waals surface area contributed by atoms with Crippen LogP contribution in [0.2, 0.25) is 0 Å². The molecule has 1 aliphatic carbocycles. The number of amides is 1. The van der Waals surface area contributed by atoms with Gasteiger partial charge in [0.15, 0.2) is 0 Å². The summed E-state index contributed by atoms with van der Waals surface area (Å²) in [5.74, 6) is 0.0675. The number of carbonyl (C=O) groups is 1. The molecule has 1 rings (SSSR count). The minimum Gasteiger partial charge on any atom is -0.396 e. The smallest absolute Gasteiger partial charge is 0.234 e. The molecule has 0 aromatic rings. The molecule has 94 valence electrons. The summed E-state index contributed by atoms with van der Waals surface area (Å²) >= 11 is 0. The van der Waals surface area contributed by atoms with Gasteiger partial charge in [-0.25, -0.2) is 0 Å². The van der Waals surface area contributed by atoms with Crippen molar-refractivity contribution in [3.63, 3.8) is 0 Å². The van der Waals surface area contributed by atoms with E-state index in [9.17, 15) is 4.79 Å². The van der Waals surface area contributed by atoms with Gasteiger partial charge in [0.25, 0.3) is 0 Å². The average Bonchev–Trinajstić information content (AvgIpc) is 2.68. The van der Waals surface area contributed by atoms with Crippen molar-refractivity contribution in [2.24, 2.45) is 0 Å². The van der Waals surface area contributed by atoms with Crippen molar-refractivity contribution < 1.29 is 9.90 Å². The van der Waals surface area contributed by atoms with Crippen LogP contribution in [0.1, 0.15) is 46.0 Å². The predicted octanol–water partition coefficient (Wildman–Crippen LogP) is 0.796. The summed E-state index contributed by atoms with van der Waals surface area (Å²) in [6, 6.07) is 0.384. The molecule has 0 aromatic heterocycles. The Balaban J connectivity index is 2.18. The van der Waals surface area contributed by atoms with Gasteiger partial charge in [-0.15, -0.1) is 0 Å². The topological polar surface area (TPSA) is 61.4 Å². The Hall–Kier alpha value is -0.610. The highest BCUT2D eigenvalue weighted by molar-refractivity contribution is 5.78. The molecule has 0 spiro atoms. The van der Waals surface area contributed by atoms with E-state index in [2.05, 4.69) is 10.6 Å². The van der Waals surface area contributed by atoms with Crippen LogP contribution in [0.15, 0.2) is 0 Å². The van der Waals surface area contributed by atoms with E-state index in [1.807, 2.05) is 13.8 Å². The molecule has 0 bridgehead atoms. The summed E-state index contributed by atoms with van der Waals surface area (Å²) in [4.78, 5) is 11.6. The van der Waals surface area contributed by atoms with E-state index in [0.29, 0.717) is 19.0 Å². The summed E-state index contributed by atoms with van der Waals surface area (Å²) < 4.78 is 0. The highest BCUT2D eigenvalue weighted by Gasteiger charge is 2.20. The van der Waals surface area contributed by atoms with Gasteiger partial charge >= 0.3 is 0 Å². The normalized spacial score (nSPS) is 17.7. The average molecular weight is 228 g/mol. The van der Waals surface area contributed by atoms with Crippen LogP contribution in [0.4, 0.5) is 0 Å². The van der Waals surface area contributed by atoms with Gasteiger partial charge in [-0.3, -0.25) is 4.79 Å². The SMILES string of the molecule is CC(C)(CCO)NCC(=O)NC1CCCC1. The molecular formula is C12H24N2O2. The minimum atomic E-state index is -0.179.